The summed E-state index contributed by atoms with van der Waals surface area (Å²) in [6.45, 7) is 1.94. The normalized spacial score (nSPS) is 10.6. The van der Waals surface area contributed by atoms with Crippen LogP contribution in [0.1, 0.15) is 5.69 Å². The van der Waals surface area contributed by atoms with Gasteiger partial charge in [0.25, 0.3) is 0 Å². The number of aromatic nitrogens is 5. The molecule has 3 heterocycles. The third-order valence-electron chi connectivity index (χ3n) is 2.72. The predicted molar refractivity (Wildman–Crippen MR) is 74.5 cm³/mol. The van der Waals surface area contributed by atoms with Crippen LogP contribution in [0.25, 0.3) is 17.2 Å². The number of hydrogen-bond acceptors (Lipinski definition) is 4. The first-order chi connectivity index (χ1) is 9.25. The van der Waals surface area contributed by atoms with Crippen LogP contribution in [0.2, 0.25) is 0 Å². The van der Waals surface area contributed by atoms with Gasteiger partial charge >= 0.3 is 0 Å². The van der Waals surface area contributed by atoms with Gasteiger partial charge in [-0.3, -0.25) is 19.6 Å². The second kappa shape index (κ2) is 4.74. The highest BCUT2D eigenvalue weighted by Crippen LogP contribution is 2.18. The van der Waals surface area contributed by atoms with Crippen LogP contribution in [0.5, 0.6) is 0 Å². The van der Waals surface area contributed by atoms with Crippen molar-refractivity contribution in [2.75, 3.05) is 0 Å². The first-order valence-electron chi connectivity index (χ1n) is 5.77. The summed E-state index contributed by atoms with van der Waals surface area (Å²) in [5, 5.41) is 7.04. The Hall–Kier alpha value is -2.34. The van der Waals surface area contributed by atoms with Gasteiger partial charge in [-0.05, 0) is 43.4 Å². The Balaban J connectivity index is 2.19. The van der Waals surface area contributed by atoms with Gasteiger partial charge in [-0.2, -0.15) is 5.10 Å². The van der Waals surface area contributed by atoms with Crippen LogP contribution in [0.4, 0.5) is 0 Å². The number of pyridine rings is 2. The van der Waals surface area contributed by atoms with Crippen LogP contribution >= 0.6 is 12.2 Å². The van der Waals surface area contributed by atoms with Crippen LogP contribution in [0.3, 0.4) is 0 Å². The van der Waals surface area contributed by atoms with E-state index in [1.807, 2.05) is 41.8 Å². The molecule has 0 aliphatic heterocycles. The fraction of sp³-hybridized carbons (Fsp3) is 0.0769. The van der Waals surface area contributed by atoms with Crippen LogP contribution in [0.15, 0.2) is 42.7 Å². The van der Waals surface area contributed by atoms with Gasteiger partial charge in [0.05, 0.1) is 11.9 Å². The SMILES string of the molecule is Cc1ccc(-n2c(-c3ccccn3)n[nH]c2=S)cn1. The summed E-state index contributed by atoms with van der Waals surface area (Å²) in [4.78, 5) is 8.58. The summed E-state index contributed by atoms with van der Waals surface area (Å²) in [5.41, 5.74) is 2.58. The topological polar surface area (TPSA) is 59.4 Å². The number of aromatic amines is 1. The summed E-state index contributed by atoms with van der Waals surface area (Å²) < 4.78 is 2.34. The number of nitrogens with zero attached hydrogens (tertiary/aromatic N) is 4. The Morgan fingerprint density at radius 1 is 1.16 bits per heavy atom. The second-order valence-electron chi connectivity index (χ2n) is 4.06. The molecule has 1 N–H and O–H groups in total. The number of nitrogens with one attached hydrogen (secondary N) is 1. The molecule has 0 aliphatic carbocycles. The van der Waals surface area contributed by atoms with Crippen LogP contribution in [0, 0.1) is 11.7 Å². The lowest BCUT2D eigenvalue weighted by Gasteiger charge is -2.05. The van der Waals surface area contributed by atoms with E-state index in [-0.39, 0.29) is 0 Å². The molecule has 6 heteroatoms. The maximum absolute atomic E-state index is 5.28. The van der Waals surface area contributed by atoms with Crippen molar-refractivity contribution in [3.05, 3.63) is 53.2 Å². The smallest absolute Gasteiger partial charge is 0.200 e. The first kappa shape index (κ1) is 11.7. The summed E-state index contributed by atoms with van der Waals surface area (Å²) in [7, 11) is 0. The van der Waals surface area contributed by atoms with Gasteiger partial charge in [0, 0.05) is 11.9 Å². The number of rotatable bonds is 2. The van der Waals surface area contributed by atoms with E-state index in [0.717, 1.165) is 17.1 Å². The number of hydrogen-bond donors (Lipinski definition) is 1. The Labute approximate surface area is 115 Å². The Morgan fingerprint density at radius 3 is 2.74 bits per heavy atom. The van der Waals surface area contributed by atoms with Gasteiger partial charge in [-0.15, -0.1) is 0 Å². The zero-order valence-electron chi connectivity index (χ0n) is 10.2. The molecular formula is C13H11N5S. The fourth-order valence-corrected chi connectivity index (χ4v) is 2.03. The molecule has 5 nitrogen and oxygen atoms in total. The van der Waals surface area contributed by atoms with Gasteiger partial charge in [-0.25, -0.2) is 0 Å². The molecule has 0 amide bonds. The molecule has 3 aromatic rings. The minimum absolute atomic E-state index is 0.520. The molecule has 0 aliphatic rings. The zero-order valence-corrected chi connectivity index (χ0v) is 11.1. The van der Waals surface area contributed by atoms with Crippen LogP contribution in [-0.2, 0) is 0 Å². The number of aryl methyl sites for hydroxylation is 1. The van der Waals surface area contributed by atoms with Gasteiger partial charge in [0.1, 0.15) is 5.69 Å². The molecule has 0 radical (unpaired) electrons. The molecule has 3 rings (SSSR count). The van der Waals surface area contributed by atoms with Crippen molar-refractivity contribution in [3.63, 3.8) is 0 Å². The molecule has 0 saturated carbocycles. The van der Waals surface area contributed by atoms with Crippen molar-refractivity contribution in [2.45, 2.75) is 6.92 Å². The largest absolute Gasteiger partial charge is 0.265 e. The van der Waals surface area contributed by atoms with Crippen molar-refractivity contribution < 1.29 is 0 Å². The standard InChI is InChI=1S/C13H11N5S/c1-9-5-6-10(8-15-9)18-12(16-17-13(18)19)11-4-2-3-7-14-11/h2-8H,1H3,(H,17,19). The summed E-state index contributed by atoms with van der Waals surface area (Å²) >= 11 is 5.28. The molecule has 0 unspecified atom stereocenters. The molecule has 19 heavy (non-hydrogen) atoms. The van der Waals surface area contributed by atoms with Gasteiger partial charge in [0.2, 0.25) is 0 Å². The van der Waals surface area contributed by atoms with Crippen LogP contribution in [-0.4, -0.2) is 24.7 Å². The lowest BCUT2D eigenvalue weighted by atomic mass is 10.3. The quantitative estimate of drug-likeness (QED) is 0.727. The summed E-state index contributed by atoms with van der Waals surface area (Å²) in [6.07, 6.45) is 3.50. The Kier molecular flexibility index (Phi) is 2.92. The fourth-order valence-electron chi connectivity index (χ4n) is 1.80. The van der Waals surface area contributed by atoms with Crippen LogP contribution < -0.4 is 0 Å². The third kappa shape index (κ3) is 2.17. The molecular weight excluding hydrogens is 258 g/mol. The monoisotopic (exact) mass is 269 g/mol. The van der Waals surface area contributed by atoms with E-state index in [4.69, 9.17) is 12.2 Å². The highest BCUT2D eigenvalue weighted by Gasteiger charge is 2.11. The highest BCUT2D eigenvalue weighted by molar-refractivity contribution is 7.71. The number of H-pyrrole nitrogens is 1. The maximum atomic E-state index is 5.28. The van der Waals surface area contributed by atoms with Gasteiger partial charge in [0.15, 0.2) is 10.6 Å². The van der Waals surface area contributed by atoms with E-state index in [2.05, 4.69) is 20.2 Å². The van der Waals surface area contributed by atoms with E-state index in [9.17, 15) is 0 Å². The molecule has 0 saturated heterocycles. The van der Waals surface area contributed by atoms with Gasteiger partial charge < -0.3 is 0 Å². The molecule has 3 aromatic heterocycles. The van der Waals surface area contributed by atoms with E-state index >= 15 is 0 Å². The van der Waals surface area contributed by atoms with E-state index < -0.39 is 0 Å². The maximum Gasteiger partial charge on any atom is 0.200 e. The first-order valence-corrected chi connectivity index (χ1v) is 6.18. The predicted octanol–water partition coefficient (Wildman–Crippen LogP) is 2.70. The summed E-state index contributed by atoms with van der Waals surface area (Å²) in [6, 6.07) is 9.57. The van der Waals surface area contributed by atoms with E-state index in [1.54, 1.807) is 12.4 Å². The Morgan fingerprint density at radius 2 is 2.05 bits per heavy atom. The average molecular weight is 269 g/mol. The van der Waals surface area contributed by atoms with Gasteiger partial charge in [-0.1, -0.05) is 6.07 Å². The Bertz CT molecular complexity index is 743. The minimum Gasteiger partial charge on any atom is -0.265 e. The lowest BCUT2D eigenvalue weighted by Crippen LogP contribution is -1.99. The highest BCUT2D eigenvalue weighted by atomic mass is 32.1. The lowest BCUT2D eigenvalue weighted by molar-refractivity contribution is 1.01. The second-order valence-corrected chi connectivity index (χ2v) is 4.45. The van der Waals surface area contributed by atoms with Crippen molar-refractivity contribution in [1.29, 1.82) is 0 Å². The molecule has 0 atom stereocenters. The van der Waals surface area contributed by atoms with Crippen molar-refractivity contribution in [2.24, 2.45) is 0 Å². The van der Waals surface area contributed by atoms with Crippen molar-refractivity contribution in [1.82, 2.24) is 24.7 Å². The van der Waals surface area contributed by atoms with E-state index in [1.165, 1.54) is 0 Å². The molecule has 0 aromatic carbocycles. The van der Waals surface area contributed by atoms with E-state index in [0.29, 0.717) is 10.6 Å². The average Bonchev–Trinajstić information content (AvgIpc) is 2.83. The van der Waals surface area contributed by atoms with Crippen molar-refractivity contribution >= 4 is 12.2 Å². The summed E-state index contributed by atoms with van der Waals surface area (Å²) in [5.74, 6) is 0.677. The molecule has 0 bridgehead atoms. The molecule has 0 spiro atoms. The zero-order chi connectivity index (χ0) is 13.2. The molecule has 0 fully saturated rings. The van der Waals surface area contributed by atoms with Crippen molar-refractivity contribution in [3.8, 4) is 17.2 Å². The molecule has 94 valence electrons. The third-order valence-corrected chi connectivity index (χ3v) is 2.99. The minimum atomic E-state index is 0.520.